The third-order valence-electron chi connectivity index (χ3n) is 12.6. The van der Waals surface area contributed by atoms with Crippen LogP contribution in [0.25, 0.3) is 0 Å². The van der Waals surface area contributed by atoms with Gasteiger partial charge < -0.3 is 15.1 Å². The lowest BCUT2D eigenvalue weighted by atomic mass is 10.0. The van der Waals surface area contributed by atoms with E-state index in [1.807, 2.05) is 0 Å². The topological polar surface area (TPSA) is 52.7 Å². The summed E-state index contributed by atoms with van der Waals surface area (Å²) in [6, 6.07) is 0. The van der Waals surface area contributed by atoms with Gasteiger partial charge in [-0.05, 0) is 65.1 Å². The molecule has 0 saturated heterocycles. The van der Waals surface area contributed by atoms with Crippen LogP contribution >= 0.6 is 0 Å². The molecule has 0 rings (SSSR count). The van der Waals surface area contributed by atoms with Gasteiger partial charge in [0.25, 0.3) is 0 Å². The van der Waals surface area contributed by atoms with Crippen LogP contribution in [0.4, 0.5) is 0 Å². The second-order valence-electron chi connectivity index (χ2n) is 18.6. The Labute approximate surface area is 365 Å². The number of nitrogens with zero attached hydrogens (tertiary/aromatic N) is 2. The summed E-state index contributed by atoms with van der Waals surface area (Å²) in [5.41, 5.74) is 0. The van der Waals surface area contributed by atoms with Gasteiger partial charge in [0.2, 0.25) is 11.8 Å². The number of nitrogens with one attached hydrogen (secondary N) is 1. The van der Waals surface area contributed by atoms with E-state index < -0.39 is 0 Å². The molecule has 58 heavy (non-hydrogen) atoms. The quantitative estimate of drug-likeness (QED) is 0.0622. The first-order chi connectivity index (χ1) is 28.5. The van der Waals surface area contributed by atoms with Crippen molar-refractivity contribution < 1.29 is 9.59 Å². The Hall–Kier alpha value is -1.10. The zero-order chi connectivity index (χ0) is 42.3. The van der Waals surface area contributed by atoms with E-state index in [1.165, 1.54) is 251 Å². The second kappa shape index (κ2) is 48.6. The predicted octanol–water partition coefficient (Wildman–Crippen LogP) is 16.3. The minimum atomic E-state index is 0.256. The zero-order valence-corrected chi connectivity index (χ0v) is 40.4. The molecule has 1 N–H and O–H groups in total. The Kier molecular flexibility index (Phi) is 47.6. The van der Waals surface area contributed by atoms with E-state index in [0.717, 1.165) is 45.3 Å². The van der Waals surface area contributed by atoms with Gasteiger partial charge in [-0.15, -0.1) is 0 Å². The van der Waals surface area contributed by atoms with Crippen LogP contribution in [-0.2, 0) is 9.59 Å². The molecule has 0 aromatic heterocycles. The number of unbranched alkanes of at least 4 members (excludes halogenated alkanes) is 35. The maximum atomic E-state index is 13.2. The molecule has 0 aromatic carbocycles. The van der Waals surface area contributed by atoms with E-state index in [0.29, 0.717) is 12.3 Å². The van der Waals surface area contributed by atoms with Crippen LogP contribution in [-0.4, -0.2) is 61.4 Å². The highest BCUT2D eigenvalue weighted by atomic mass is 16.2. The van der Waals surface area contributed by atoms with Crippen molar-refractivity contribution in [2.45, 2.75) is 290 Å². The fourth-order valence-electron chi connectivity index (χ4n) is 8.53. The van der Waals surface area contributed by atoms with E-state index in [9.17, 15) is 9.59 Å². The maximum absolute atomic E-state index is 13.2. The van der Waals surface area contributed by atoms with Crippen molar-refractivity contribution in [2.75, 3.05) is 39.8 Å². The van der Waals surface area contributed by atoms with Crippen LogP contribution in [0.1, 0.15) is 290 Å². The molecule has 0 radical (unpaired) electrons. The largest absolute Gasteiger partial charge is 0.356 e. The summed E-state index contributed by atoms with van der Waals surface area (Å²) < 4.78 is 0. The zero-order valence-electron chi connectivity index (χ0n) is 40.4. The van der Waals surface area contributed by atoms with Gasteiger partial charge in [-0.3, -0.25) is 9.59 Å². The van der Waals surface area contributed by atoms with Gasteiger partial charge in [-0.2, -0.15) is 0 Å². The maximum Gasteiger partial charge on any atom is 0.222 e. The molecule has 0 aromatic rings. The van der Waals surface area contributed by atoms with E-state index in [1.54, 1.807) is 0 Å². The van der Waals surface area contributed by atoms with Crippen molar-refractivity contribution in [1.82, 2.24) is 15.1 Å². The van der Waals surface area contributed by atoms with Crippen LogP contribution in [0.5, 0.6) is 0 Å². The molecule has 0 atom stereocenters. The molecule has 346 valence electrons. The summed E-state index contributed by atoms with van der Waals surface area (Å²) in [5, 5.41) is 3.16. The molecule has 0 saturated carbocycles. The predicted molar refractivity (Wildman–Crippen MR) is 258 cm³/mol. The van der Waals surface area contributed by atoms with Crippen molar-refractivity contribution in [1.29, 1.82) is 0 Å². The fraction of sp³-hybridized carbons (Fsp3) is 0.962. The Balaban J connectivity index is 3.76. The summed E-state index contributed by atoms with van der Waals surface area (Å²) in [4.78, 5) is 30.2. The fourth-order valence-corrected chi connectivity index (χ4v) is 8.53. The summed E-state index contributed by atoms with van der Waals surface area (Å²) in [6.07, 6.45) is 54.0. The highest BCUT2D eigenvalue weighted by molar-refractivity contribution is 5.76. The van der Waals surface area contributed by atoms with E-state index in [2.05, 4.69) is 42.9 Å². The Bertz CT molecular complexity index is 799. The Morgan fingerprint density at radius 3 is 0.966 bits per heavy atom. The molecular formula is C53H107N3O2. The van der Waals surface area contributed by atoms with Gasteiger partial charge in [-0.25, -0.2) is 0 Å². The molecule has 0 aliphatic heterocycles. The number of carbonyl (C=O) groups is 2. The highest BCUT2D eigenvalue weighted by Gasteiger charge is 2.13. The average Bonchev–Trinajstić information content (AvgIpc) is 3.22. The summed E-state index contributed by atoms with van der Waals surface area (Å²) in [7, 11) is 2.27. The standard InChI is InChI=1S/C53H107N3O2/c1-5-8-11-14-17-20-21-22-23-24-25-26-33-40-47-54-52(57)45-38-31-29-34-41-48-55(4)49-42-35-30-32-39-46-53(58)56(50-43-36-27-18-15-12-9-6-2)51-44-37-28-19-16-13-10-7-3/h5-51H2,1-4H3,(H,54,57). The normalized spacial score (nSPS) is 11.5. The molecular weight excluding hydrogens is 711 g/mol. The third kappa shape index (κ3) is 44.5. The third-order valence-corrected chi connectivity index (χ3v) is 12.6. The van der Waals surface area contributed by atoms with Gasteiger partial charge in [-0.1, -0.05) is 233 Å². The molecule has 0 spiro atoms. The van der Waals surface area contributed by atoms with E-state index in [-0.39, 0.29) is 5.91 Å². The van der Waals surface area contributed by atoms with Gasteiger partial charge in [0, 0.05) is 32.5 Å². The van der Waals surface area contributed by atoms with E-state index in [4.69, 9.17) is 0 Å². The average molecular weight is 818 g/mol. The number of carbonyl (C=O) groups excluding carboxylic acids is 2. The van der Waals surface area contributed by atoms with Crippen LogP contribution in [0, 0.1) is 0 Å². The SMILES string of the molecule is CCCCCCCCCCCCCCCCNC(=O)CCCCCCCN(C)CCCCCCCC(=O)N(CCCCCCCCCC)CCCCCCCCCC. The van der Waals surface area contributed by atoms with Crippen LogP contribution in [0.15, 0.2) is 0 Å². The molecule has 5 nitrogen and oxygen atoms in total. The van der Waals surface area contributed by atoms with Crippen molar-refractivity contribution in [3.8, 4) is 0 Å². The van der Waals surface area contributed by atoms with Crippen molar-refractivity contribution in [2.24, 2.45) is 0 Å². The molecule has 0 aliphatic rings. The van der Waals surface area contributed by atoms with Crippen LogP contribution < -0.4 is 5.32 Å². The van der Waals surface area contributed by atoms with Gasteiger partial charge in [0.15, 0.2) is 0 Å². The molecule has 0 bridgehead atoms. The van der Waals surface area contributed by atoms with Crippen LogP contribution in [0.2, 0.25) is 0 Å². The molecule has 5 heteroatoms. The Morgan fingerprint density at radius 2 is 0.603 bits per heavy atom. The van der Waals surface area contributed by atoms with Gasteiger partial charge in [0.1, 0.15) is 0 Å². The van der Waals surface area contributed by atoms with Gasteiger partial charge >= 0.3 is 0 Å². The minimum Gasteiger partial charge on any atom is -0.356 e. The van der Waals surface area contributed by atoms with Crippen molar-refractivity contribution in [3.05, 3.63) is 0 Å². The number of hydrogen-bond acceptors (Lipinski definition) is 3. The van der Waals surface area contributed by atoms with E-state index >= 15 is 0 Å². The number of amides is 2. The number of rotatable bonds is 49. The molecule has 0 heterocycles. The first-order valence-corrected chi connectivity index (χ1v) is 26.8. The number of hydrogen-bond donors (Lipinski definition) is 1. The second-order valence-corrected chi connectivity index (χ2v) is 18.6. The minimum absolute atomic E-state index is 0.256. The molecule has 2 amide bonds. The lowest BCUT2D eigenvalue weighted by Crippen LogP contribution is -2.32. The molecule has 0 fully saturated rings. The highest BCUT2D eigenvalue weighted by Crippen LogP contribution is 2.16. The first-order valence-electron chi connectivity index (χ1n) is 26.8. The molecule has 0 aliphatic carbocycles. The summed E-state index contributed by atoms with van der Waals surface area (Å²) in [6.45, 7) is 12.1. The first kappa shape index (κ1) is 56.9. The lowest BCUT2D eigenvalue weighted by molar-refractivity contribution is -0.131. The smallest absolute Gasteiger partial charge is 0.222 e. The lowest BCUT2D eigenvalue weighted by Gasteiger charge is -2.23. The van der Waals surface area contributed by atoms with Crippen LogP contribution in [0.3, 0.4) is 0 Å². The van der Waals surface area contributed by atoms with Gasteiger partial charge in [0.05, 0.1) is 0 Å². The monoisotopic (exact) mass is 818 g/mol. The van der Waals surface area contributed by atoms with Crippen molar-refractivity contribution in [3.63, 3.8) is 0 Å². The summed E-state index contributed by atoms with van der Waals surface area (Å²) >= 11 is 0. The summed E-state index contributed by atoms with van der Waals surface area (Å²) in [5.74, 6) is 0.676. The van der Waals surface area contributed by atoms with Crippen molar-refractivity contribution >= 4 is 11.8 Å². The Morgan fingerprint density at radius 1 is 0.328 bits per heavy atom. The molecule has 0 unspecified atom stereocenters.